The van der Waals surface area contributed by atoms with Crippen molar-refractivity contribution in [2.45, 2.75) is 18.1 Å². The molecule has 1 aromatic carbocycles. The molecule has 0 atom stereocenters. The molecule has 186 valence electrons. The predicted molar refractivity (Wildman–Crippen MR) is 124 cm³/mol. The summed E-state index contributed by atoms with van der Waals surface area (Å²) >= 11 is 5.79. The number of alkyl halides is 3. The van der Waals surface area contributed by atoms with E-state index in [1.807, 2.05) is 0 Å². The van der Waals surface area contributed by atoms with Crippen LogP contribution in [0.25, 0.3) is 39.5 Å². The standard InChI is InChI=1S/C22H15ClF4N6O2S/c1-3-36(34,35)21-17(20-30-15-9-12(22(25,26)27)10-29-18(15)32(20)2)19-28-7-6-16(33(19)31-21)11-4-5-13(23)14(24)8-11/h4-10H,3H2,1-2H3. The number of sulfone groups is 1. The summed E-state index contributed by atoms with van der Waals surface area (Å²) in [6.07, 6.45) is -2.57. The second-order valence-electron chi connectivity index (χ2n) is 7.84. The smallest absolute Gasteiger partial charge is 0.312 e. The van der Waals surface area contributed by atoms with Crippen molar-refractivity contribution in [3.05, 3.63) is 59.1 Å². The molecule has 5 rings (SSSR count). The normalized spacial score (nSPS) is 12.6. The summed E-state index contributed by atoms with van der Waals surface area (Å²) in [6, 6.07) is 6.40. The van der Waals surface area contributed by atoms with Crippen LogP contribution in [0.1, 0.15) is 12.5 Å². The third-order valence-electron chi connectivity index (χ3n) is 5.64. The molecule has 4 heterocycles. The van der Waals surface area contributed by atoms with E-state index >= 15 is 0 Å². The zero-order valence-corrected chi connectivity index (χ0v) is 20.1. The SMILES string of the molecule is CCS(=O)(=O)c1nn2c(-c3ccc(Cl)c(F)c3)ccnc2c1-c1nc2cc(C(F)(F)F)cnc2n1C. The summed E-state index contributed by atoms with van der Waals surface area (Å²) in [4.78, 5) is 12.4. The zero-order chi connectivity index (χ0) is 26.0. The molecule has 4 aromatic heterocycles. The van der Waals surface area contributed by atoms with Crippen molar-refractivity contribution in [1.29, 1.82) is 0 Å². The van der Waals surface area contributed by atoms with Crippen molar-refractivity contribution in [3.8, 4) is 22.6 Å². The third-order valence-corrected chi connectivity index (χ3v) is 7.58. The minimum absolute atomic E-state index is 0.00536. The first kappa shape index (κ1) is 24.1. The van der Waals surface area contributed by atoms with Gasteiger partial charge in [0.05, 0.1) is 22.0 Å². The van der Waals surface area contributed by atoms with Crippen LogP contribution in [0.15, 0.2) is 47.8 Å². The Morgan fingerprint density at radius 1 is 1.08 bits per heavy atom. The van der Waals surface area contributed by atoms with Crippen LogP contribution in [0.2, 0.25) is 5.02 Å². The van der Waals surface area contributed by atoms with Gasteiger partial charge in [-0.2, -0.15) is 18.3 Å². The van der Waals surface area contributed by atoms with E-state index in [4.69, 9.17) is 11.6 Å². The van der Waals surface area contributed by atoms with Crippen LogP contribution in [-0.2, 0) is 23.1 Å². The Labute approximate surface area is 206 Å². The summed E-state index contributed by atoms with van der Waals surface area (Å²) in [7, 11) is -2.46. The third kappa shape index (κ3) is 3.78. The van der Waals surface area contributed by atoms with Crippen LogP contribution < -0.4 is 0 Å². The molecule has 0 fully saturated rings. The highest BCUT2D eigenvalue weighted by molar-refractivity contribution is 7.91. The summed E-state index contributed by atoms with van der Waals surface area (Å²) in [5, 5.41) is 3.83. The van der Waals surface area contributed by atoms with E-state index in [0.29, 0.717) is 17.5 Å². The van der Waals surface area contributed by atoms with Crippen molar-refractivity contribution in [1.82, 2.24) is 29.1 Å². The molecule has 0 aliphatic rings. The number of rotatable bonds is 4. The van der Waals surface area contributed by atoms with E-state index in [2.05, 4.69) is 20.1 Å². The first-order valence-corrected chi connectivity index (χ1v) is 12.4. The lowest BCUT2D eigenvalue weighted by molar-refractivity contribution is -0.137. The number of benzene rings is 1. The van der Waals surface area contributed by atoms with Gasteiger partial charge in [-0.1, -0.05) is 24.6 Å². The van der Waals surface area contributed by atoms with E-state index in [1.54, 1.807) is 0 Å². The quantitative estimate of drug-likeness (QED) is 0.300. The number of hydrogen-bond donors (Lipinski definition) is 0. The monoisotopic (exact) mass is 538 g/mol. The summed E-state index contributed by atoms with van der Waals surface area (Å²) in [5.74, 6) is -0.990. The maximum Gasteiger partial charge on any atom is 0.417 e. The number of hydrogen-bond acceptors (Lipinski definition) is 6. The van der Waals surface area contributed by atoms with E-state index in [-0.39, 0.29) is 44.0 Å². The average Bonchev–Trinajstić information content (AvgIpc) is 3.38. The molecule has 0 amide bonds. The molecule has 5 aromatic rings. The highest BCUT2D eigenvalue weighted by Crippen LogP contribution is 2.36. The van der Waals surface area contributed by atoms with Crippen LogP contribution in [0.5, 0.6) is 0 Å². The second-order valence-corrected chi connectivity index (χ2v) is 10.4. The number of aromatic nitrogens is 6. The number of pyridine rings is 1. The number of aryl methyl sites for hydroxylation is 1. The summed E-state index contributed by atoms with van der Waals surface area (Å²) in [5.41, 5.74) is -0.269. The van der Waals surface area contributed by atoms with E-state index < -0.39 is 27.4 Å². The summed E-state index contributed by atoms with van der Waals surface area (Å²) in [6.45, 7) is 1.43. The molecule has 0 bridgehead atoms. The van der Waals surface area contributed by atoms with Gasteiger partial charge >= 0.3 is 6.18 Å². The molecular weight excluding hydrogens is 524 g/mol. The molecule has 8 nitrogen and oxygen atoms in total. The second kappa shape index (κ2) is 8.23. The van der Waals surface area contributed by atoms with Gasteiger partial charge in [0.2, 0.25) is 0 Å². The van der Waals surface area contributed by atoms with E-state index in [1.165, 1.54) is 53.5 Å². The van der Waals surface area contributed by atoms with Gasteiger partial charge in [-0.3, -0.25) is 0 Å². The van der Waals surface area contributed by atoms with Gasteiger partial charge in [-0.05, 0) is 24.3 Å². The Balaban J connectivity index is 1.84. The molecule has 0 aliphatic carbocycles. The molecule has 0 saturated heterocycles. The Hall–Kier alpha value is -3.58. The van der Waals surface area contributed by atoms with Crippen LogP contribution in [0.3, 0.4) is 0 Å². The van der Waals surface area contributed by atoms with Gasteiger partial charge in [0.1, 0.15) is 22.7 Å². The molecule has 36 heavy (non-hydrogen) atoms. The lowest BCUT2D eigenvalue weighted by Crippen LogP contribution is -2.07. The summed E-state index contributed by atoms with van der Waals surface area (Å²) < 4.78 is 82.5. The van der Waals surface area contributed by atoms with Crippen LogP contribution in [-0.4, -0.2) is 43.3 Å². The van der Waals surface area contributed by atoms with Crippen molar-refractivity contribution in [2.75, 3.05) is 5.75 Å². The van der Waals surface area contributed by atoms with Crippen LogP contribution >= 0.6 is 11.6 Å². The lowest BCUT2D eigenvalue weighted by atomic mass is 10.1. The van der Waals surface area contributed by atoms with Crippen molar-refractivity contribution in [3.63, 3.8) is 0 Å². The number of imidazole rings is 1. The minimum Gasteiger partial charge on any atom is -0.312 e. The predicted octanol–water partition coefficient (Wildman–Crippen LogP) is 4.95. The van der Waals surface area contributed by atoms with Gasteiger partial charge in [0.25, 0.3) is 0 Å². The molecule has 0 radical (unpaired) electrons. The fourth-order valence-corrected chi connectivity index (χ4v) is 4.90. The zero-order valence-electron chi connectivity index (χ0n) is 18.5. The van der Waals surface area contributed by atoms with E-state index in [9.17, 15) is 26.0 Å². The minimum atomic E-state index is -4.63. The van der Waals surface area contributed by atoms with Gasteiger partial charge in [-0.15, -0.1) is 0 Å². The highest BCUT2D eigenvalue weighted by Gasteiger charge is 2.33. The molecule has 0 unspecified atom stereocenters. The Bertz CT molecular complexity index is 1780. The van der Waals surface area contributed by atoms with Gasteiger partial charge in [-0.25, -0.2) is 32.3 Å². The van der Waals surface area contributed by atoms with E-state index in [0.717, 1.165) is 6.07 Å². The first-order valence-electron chi connectivity index (χ1n) is 10.4. The number of nitrogens with zero attached hydrogens (tertiary/aromatic N) is 6. The van der Waals surface area contributed by atoms with Gasteiger partial charge in [0.15, 0.2) is 26.2 Å². The maximum absolute atomic E-state index is 14.2. The molecule has 0 aliphatic heterocycles. The average molecular weight is 539 g/mol. The van der Waals surface area contributed by atoms with Gasteiger partial charge in [0, 0.05) is 25.0 Å². The van der Waals surface area contributed by atoms with Crippen LogP contribution in [0, 0.1) is 5.82 Å². The lowest BCUT2D eigenvalue weighted by Gasteiger charge is -2.06. The van der Waals surface area contributed by atoms with Crippen molar-refractivity contribution in [2.24, 2.45) is 7.05 Å². The molecule has 0 N–H and O–H groups in total. The van der Waals surface area contributed by atoms with Crippen LogP contribution in [0.4, 0.5) is 17.6 Å². The Morgan fingerprint density at radius 3 is 2.50 bits per heavy atom. The molecular formula is C22H15ClF4N6O2S. The fourth-order valence-electron chi connectivity index (χ4n) is 3.80. The molecule has 0 saturated carbocycles. The Kier molecular flexibility index (Phi) is 5.52. The fraction of sp³-hybridized carbons (Fsp3) is 0.182. The molecule has 0 spiro atoms. The largest absolute Gasteiger partial charge is 0.417 e. The van der Waals surface area contributed by atoms with Crippen molar-refractivity contribution >= 4 is 38.2 Å². The molecule has 14 heteroatoms. The Morgan fingerprint density at radius 2 is 1.83 bits per heavy atom. The van der Waals surface area contributed by atoms with Gasteiger partial charge < -0.3 is 4.57 Å². The maximum atomic E-state index is 14.2. The van der Waals surface area contributed by atoms with Crippen molar-refractivity contribution < 1.29 is 26.0 Å². The topological polar surface area (TPSA) is 95.0 Å². The number of halogens is 5. The number of fused-ring (bicyclic) bond motifs is 2. The first-order chi connectivity index (χ1) is 16.9. The highest BCUT2D eigenvalue weighted by atomic mass is 35.5.